The van der Waals surface area contributed by atoms with Gasteiger partial charge in [-0.2, -0.15) is 4.57 Å². The van der Waals surface area contributed by atoms with Crippen molar-refractivity contribution in [2.45, 2.75) is 32.9 Å². The van der Waals surface area contributed by atoms with E-state index in [1.807, 2.05) is 6.07 Å². The normalized spacial score (nSPS) is 11.0. The molecule has 0 amide bonds. The zero-order valence-electron chi connectivity index (χ0n) is 12.9. The predicted octanol–water partition coefficient (Wildman–Crippen LogP) is 2.21. The third-order valence-electron chi connectivity index (χ3n) is 2.86. The second-order valence-electron chi connectivity index (χ2n) is 5.88. The van der Waals surface area contributed by atoms with Crippen LogP contribution >= 0.6 is 0 Å². The highest BCUT2D eigenvalue weighted by molar-refractivity contribution is 5.95. The molecule has 0 atom stereocenters. The van der Waals surface area contributed by atoms with Crippen LogP contribution in [-0.4, -0.2) is 22.3 Å². The van der Waals surface area contributed by atoms with Crippen LogP contribution in [0.15, 0.2) is 48.9 Å². The molecule has 1 aromatic carbocycles. The highest BCUT2D eigenvalue weighted by atomic mass is 16.6. The van der Waals surface area contributed by atoms with Gasteiger partial charge in [0.2, 0.25) is 12.3 Å². The number of esters is 1. The van der Waals surface area contributed by atoms with E-state index in [0.717, 1.165) is 0 Å². The molecule has 0 spiro atoms. The Morgan fingerprint density at radius 2 is 1.86 bits per heavy atom. The van der Waals surface area contributed by atoms with Crippen LogP contribution in [0.2, 0.25) is 0 Å². The molecule has 0 N–H and O–H groups in total. The number of Topliss-reactive ketones (excluding diaryl/α,β-unsaturated/α-hetero) is 1. The van der Waals surface area contributed by atoms with Gasteiger partial charge in [0, 0.05) is 5.56 Å². The molecule has 0 saturated heterocycles. The predicted molar refractivity (Wildman–Crippen MR) is 80.4 cm³/mol. The molecule has 0 fully saturated rings. The maximum absolute atomic E-state index is 12.3. The van der Waals surface area contributed by atoms with Crippen LogP contribution in [0.5, 0.6) is 0 Å². The van der Waals surface area contributed by atoms with E-state index in [9.17, 15) is 9.59 Å². The Bertz CT molecular complexity index is 676. The number of nitrogens with zero attached hydrogens (tertiary/aromatic N) is 2. The Hall–Kier alpha value is -2.56. The molecule has 114 valence electrons. The Labute approximate surface area is 129 Å². The summed E-state index contributed by atoms with van der Waals surface area (Å²) in [6.45, 7) is 5.43. The molecule has 0 bridgehead atoms. The van der Waals surface area contributed by atoms with Crippen molar-refractivity contribution in [1.29, 1.82) is 0 Å². The Balaban J connectivity index is 2.22. The number of carbonyl (C=O) groups excluding carboxylic acids is 2. The van der Waals surface area contributed by atoms with E-state index in [1.54, 1.807) is 55.8 Å². The Morgan fingerprint density at radius 3 is 2.50 bits per heavy atom. The fourth-order valence-electron chi connectivity index (χ4n) is 1.90. The minimum absolute atomic E-state index is 0.0567. The van der Waals surface area contributed by atoms with Crippen molar-refractivity contribution >= 4 is 11.8 Å². The van der Waals surface area contributed by atoms with Crippen molar-refractivity contribution in [2.75, 3.05) is 0 Å². The van der Waals surface area contributed by atoms with E-state index < -0.39 is 11.6 Å². The second kappa shape index (κ2) is 6.47. The third kappa shape index (κ3) is 4.22. The topological polar surface area (TPSA) is 60.1 Å². The van der Waals surface area contributed by atoms with Crippen molar-refractivity contribution in [3.05, 3.63) is 60.2 Å². The Kier molecular flexibility index (Phi) is 4.65. The molecule has 22 heavy (non-hydrogen) atoms. The summed E-state index contributed by atoms with van der Waals surface area (Å²) in [7, 11) is 0. The fourth-order valence-corrected chi connectivity index (χ4v) is 1.90. The summed E-state index contributed by atoms with van der Waals surface area (Å²) in [5.74, 6) is -0.580. The lowest BCUT2D eigenvalue weighted by Crippen LogP contribution is -2.45. The zero-order chi connectivity index (χ0) is 16.2. The molecule has 1 heterocycles. The highest BCUT2D eigenvalue weighted by Crippen LogP contribution is 2.09. The first kappa shape index (κ1) is 15.8. The van der Waals surface area contributed by atoms with Gasteiger partial charge in [0.25, 0.3) is 0 Å². The van der Waals surface area contributed by atoms with E-state index in [4.69, 9.17) is 4.74 Å². The van der Waals surface area contributed by atoms with Crippen molar-refractivity contribution in [3.8, 4) is 0 Å². The average Bonchev–Trinajstić information content (AvgIpc) is 2.47. The summed E-state index contributed by atoms with van der Waals surface area (Å²) >= 11 is 0. The fraction of sp³-hybridized carbons (Fsp3) is 0.294. The van der Waals surface area contributed by atoms with Gasteiger partial charge in [-0.05, 0) is 20.8 Å². The van der Waals surface area contributed by atoms with Crippen LogP contribution in [0.25, 0.3) is 0 Å². The van der Waals surface area contributed by atoms with Crippen LogP contribution in [0, 0.1) is 0 Å². The molecule has 1 aromatic heterocycles. The summed E-state index contributed by atoms with van der Waals surface area (Å²) < 4.78 is 6.89. The molecule has 5 heteroatoms. The van der Waals surface area contributed by atoms with E-state index in [0.29, 0.717) is 5.56 Å². The molecule has 0 radical (unpaired) electrons. The van der Waals surface area contributed by atoms with Gasteiger partial charge < -0.3 is 4.74 Å². The quantitative estimate of drug-likeness (QED) is 0.493. The molecule has 2 rings (SSSR count). The third-order valence-corrected chi connectivity index (χ3v) is 2.86. The van der Waals surface area contributed by atoms with Gasteiger partial charge in [-0.3, -0.25) is 9.78 Å². The molecular formula is C17H19N2O3+. The smallest absolute Gasteiger partial charge is 0.405 e. The standard InChI is InChI=1S/C17H19N2O3/c1-17(2,3)22-16(21)14-11-18-9-10-19(14)12-15(20)13-7-5-4-6-8-13/h4-11H,12H2,1-3H3/q+1. The van der Waals surface area contributed by atoms with E-state index in [2.05, 4.69) is 4.98 Å². The monoisotopic (exact) mass is 299 g/mol. The van der Waals surface area contributed by atoms with Crippen molar-refractivity contribution in [3.63, 3.8) is 0 Å². The van der Waals surface area contributed by atoms with Gasteiger partial charge in [0.05, 0.1) is 6.20 Å². The van der Waals surface area contributed by atoms with Crippen LogP contribution in [-0.2, 0) is 11.3 Å². The minimum atomic E-state index is -0.603. The number of ether oxygens (including phenoxy) is 1. The number of carbonyl (C=O) groups is 2. The first-order chi connectivity index (χ1) is 10.4. The van der Waals surface area contributed by atoms with Crippen molar-refractivity contribution < 1.29 is 18.9 Å². The van der Waals surface area contributed by atoms with Gasteiger partial charge in [-0.15, -0.1) is 0 Å². The molecule has 0 saturated carbocycles. The van der Waals surface area contributed by atoms with Crippen LogP contribution in [0.3, 0.4) is 0 Å². The van der Waals surface area contributed by atoms with Gasteiger partial charge in [0.1, 0.15) is 11.8 Å². The number of aromatic nitrogens is 2. The number of hydrogen-bond donors (Lipinski definition) is 0. The molecule has 0 unspecified atom stereocenters. The summed E-state index contributed by atoms with van der Waals surface area (Å²) in [5, 5.41) is 0. The van der Waals surface area contributed by atoms with Gasteiger partial charge in [-0.1, -0.05) is 30.3 Å². The SMILES string of the molecule is CC(C)(C)OC(=O)c1cncc[n+]1CC(=O)c1ccccc1. The van der Waals surface area contributed by atoms with Crippen LogP contribution in [0.1, 0.15) is 41.6 Å². The molecule has 0 aliphatic heterocycles. The van der Waals surface area contributed by atoms with E-state index in [1.165, 1.54) is 12.4 Å². The zero-order valence-corrected chi connectivity index (χ0v) is 12.9. The molecule has 2 aromatic rings. The van der Waals surface area contributed by atoms with Crippen LogP contribution < -0.4 is 4.57 Å². The first-order valence-electron chi connectivity index (χ1n) is 7.02. The van der Waals surface area contributed by atoms with Crippen molar-refractivity contribution in [1.82, 2.24) is 4.98 Å². The van der Waals surface area contributed by atoms with Gasteiger partial charge in [0.15, 0.2) is 6.20 Å². The highest BCUT2D eigenvalue weighted by Gasteiger charge is 2.27. The van der Waals surface area contributed by atoms with Gasteiger partial charge in [-0.25, -0.2) is 4.79 Å². The average molecular weight is 299 g/mol. The summed E-state index contributed by atoms with van der Waals surface area (Å²) in [6, 6.07) is 8.95. The van der Waals surface area contributed by atoms with Crippen molar-refractivity contribution in [2.24, 2.45) is 0 Å². The molecule has 0 aliphatic carbocycles. The summed E-state index contributed by atoms with van der Waals surface area (Å²) in [4.78, 5) is 28.4. The van der Waals surface area contributed by atoms with E-state index >= 15 is 0 Å². The van der Waals surface area contributed by atoms with Gasteiger partial charge >= 0.3 is 11.7 Å². The summed E-state index contributed by atoms with van der Waals surface area (Å²) in [6.07, 6.45) is 4.54. The largest absolute Gasteiger partial charge is 0.452 e. The van der Waals surface area contributed by atoms with E-state index in [-0.39, 0.29) is 18.0 Å². The maximum Gasteiger partial charge on any atom is 0.405 e. The number of benzene rings is 1. The Morgan fingerprint density at radius 1 is 1.18 bits per heavy atom. The molecular weight excluding hydrogens is 280 g/mol. The summed E-state index contributed by atoms with van der Waals surface area (Å²) in [5.41, 5.74) is 0.248. The lowest BCUT2D eigenvalue weighted by Gasteiger charge is -2.18. The lowest BCUT2D eigenvalue weighted by atomic mass is 10.1. The minimum Gasteiger partial charge on any atom is -0.452 e. The lowest BCUT2D eigenvalue weighted by molar-refractivity contribution is -0.686. The second-order valence-corrected chi connectivity index (χ2v) is 5.88. The maximum atomic E-state index is 12.3. The van der Waals surface area contributed by atoms with Crippen LogP contribution in [0.4, 0.5) is 0 Å². The number of ketones is 1. The molecule has 0 aliphatic rings. The molecule has 5 nitrogen and oxygen atoms in total. The number of hydrogen-bond acceptors (Lipinski definition) is 4. The number of rotatable bonds is 4. The first-order valence-corrected chi connectivity index (χ1v) is 7.02.